The smallest absolute Gasteiger partial charge is 0.0720 e. The summed E-state index contributed by atoms with van der Waals surface area (Å²) in [6.07, 6.45) is 0. The Bertz CT molecular complexity index is 2750. The summed E-state index contributed by atoms with van der Waals surface area (Å²) >= 11 is 0. The number of benzene rings is 9. The van der Waals surface area contributed by atoms with E-state index in [1.807, 2.05) is 0 Å². The van der Waals surface area contributed by atoms with Gasteiger partial charge in [-0.15, -0.1) is 0 Å². The summed E-state index contributed by atoms with van der Waals surface area (Å²) < 4.78 is 0. The lowest BCUT2D eigenvalue weighted by molar-refractivity contribution is 0.624. The molecule has 1 nitrogen and oxygen atoms in total. The summed E-state index contributed by atoms with van der Waals surface area (Å²) in [5.74, 6) is 0. The zero-order chi connectivity index (χ0) is 37.8. The molecule has 57 heavy (non-hydrogen) atoms. The number of para-hydroxylation sites is 2. The molecule has 0 aliphatic heterocycles. The van der Waals surface area contributed by atoms with Crippen LogP contribution in [0.2, 0.25) is 0 Å². The molecule has 1 heteroatoms. The van der Waals surface area contributed by atoms with Gasteiger partial charge in [-0.25, -0.2) is 0 Å². The Morgan fingerprint density at radius 3 is 1.12 bits per heavy atom. The van der Waals surface area contributed by atoms with Crippen molar-refractivity contribution in [3.05, 3.63) is 281 Å². The molecular formula is C56H39N. The second-order valence-corrected chi connectivity index (χ2v) is 15.2. The third-order valence-corrected chi connectivity index (χ3v) is 12.4. The molecule has 9 aromatic carbocycles. The minimum absolute atomic E-state index is 0.518. The van der Waals surface area contributed by atoms with Crippen molar-refractivity contribution < 1.29 is 0 Å². The van der Waals surface area contributed by atoms with Crippen LogP contribution in [0.15, 0.2) is 237 Å². The van der Waals surface area contributed by atoms with Crippen molar-refractivity contribution in [1.82, 2.24) is 0 Å². The summed E-state index contributed by atoms with van der Waals surface area (Å²) in [6.45, 7) is 0. The number of hydrogen-bond acceptors (Lipinski definition) is 1. The lowest BCUT2D eigenvalue weighted by Crippen LogP contribution is -2.44. The van der Waals surface area contributed by atoms with Crippen LogP contribution in [0.4, 0.5) is 17.1 Å². The topological polar surface area (TPSA) is 3.24 Å². The van der Waals surface area contributed by atoms with Crippen LogP contribution in [0, 0.1) is 0 Å². The van der Waals surface area contributed by atoms with Gasteiger partial charge in [-0.3, -0.25) is 0 Å². The van der Waals surface area contributed by atoms with Crippen molar-refractivity contribution in [3.8, 4) is 22.3 Å². The number of anilines is 3. The molecule has 0 unspecified atom stereocenters. The highest BCUT2D eigenvalue weighted by Gasteiger charge is 2.56. The van der Waals surface area contributed by atoms with Gasteiger partial charge < -0.3 is 4.90 Å². The Kier molecular flexibility index (Phi) is 7.69. The first kappa shape index (κ1) is 33.1. The molecule has 0 radical (unpaired) electrons. The van der Waals surface area contributed by atoms with Crippen LogP contribution >= 0.6 is 0 Å². The maximum Gasteiger partial charge on any atom is 0.0720 e. The minimum atomic E-state index is -0.528. The number of fused-ring (bicyclic) bond motifs is 9. The normalized spacial score (nSPS) is 13.9. The van der Waals surface area contributed by atoms with Crippen LogP contribution in [0.3, 0.4) is 0 Å². The molecule has 0 atom stereocenters. The maximum atomic E-state index is 2.49. The number of hydrogen-bond donors (Lipinski definition) is 0. The molecule has 0 aromatic heterocycles. The molecule has 1 spiro atoms. The van der Waals surface area contributed by atoms with E-state index in [1.165, 1.54) is 66.8 Å². The molecule has 0 saturated carbocycles. The van der Waals surface area contributed by atoms with E-state index >= 15 is 0 Å². The minimum Gasteiger partial charge on any atom is -0.311 e. The van der Waals surface area contributed by atoms with Crippen LogP contribution in [-0.4, -0.2) is 0 Å². The van der Waals surface area contributed by atoms with Crippen molar-refractivity contribution in [3.63, 3.8) is 0 Å². The van der Waals surface area contributed by atoms with E-state index in [0.717, 1.165) is 17.1 Å². The van der Waals surface area contributed by atoms with E-state index in [9.17, 15) is 0 Å². The fourth-order valence-corrected chi connectivity index (χ4v) is 10.2. The number of nitrogens with zero attached hydrogens (tertiary/aromatic N) is 1. The lowest BCUT2D eigenvalue weighted by Gasteiger charge is -2.50. The Morgan fingerprint density at radius 2 is 0.614 bits per heavy atom. The van der Waals surface area contributed by atoms with Gasteiger partial charge in [0.1, 0.15) is 0 Å². The van der Waals surface area contributed by atoms with Crippen LogP contribution in [0.1, 0.15) is 44.5 Å². The van der Waals surface area contributed by atoms with Gasteiger partial charge >= 0.3 is 0 Å². The van der Waals surface area contributed by atoms with Gasteiger partial charge in [-0.2, -0.15) is 0 Å². The van der Waals surface area contributed by atoms with Crippen LogP contribution < -0.4 is 4.90 Å². The molecular weight excluding hydrogens is 687 g/mol. The molecule has 0 bridgehead atoms. The summed E-state index contributed by atoms with van der Waals surface area (Å²) in [5, 5.41) is 0. The summed E-state index contributed by atoms with van der Waals surface area (Å²) in [7, 11) is 0. The van der Waals surface area contributed by atoms with Crippen LogP contribution in [-0.2, 0) is 10.8 Å². The van der Waals surface area contributed by atoms with E-state index < -0.39 is 10.8 Å². The zero-order valence-electron chi connectivity index (χ0n) is 31.5. The van der Waals surface area contributed by atoms with Gasteiger partial charge in [0.2, 0.25) is 0 Å². The van der Waals surface area contributed by atoms with Crippen molar-refractivity contribution in [2.75, 3.05) is 4.90 Å². The predicted molar refractivity (Wildman–Crippen MR) is 236 cm³/mol. The second kappa shape index (κ2) is 13.2. The van der Waals surface area contributed by atoms with Crippen LogP contribution in [0.5, 0.6) is 0 Å². The summed E-state index contributed by atoms with van der Waals surface area (Å²) in [4.78, 5) is 2.32. The van der Waals surface area contributed by atoms with Crippen molar-refractivity contribution in [2.24, 2.45) is 0 Å². The molecule has 0 fully saturated rings. The van der Waals surface area contributed by atoms with Gasteiger partial charge in [-0.05, 0) is 109 Å². The fraction of sp³-hybridized carbons (Fsp3) is 0.0357. The largest absolute Gasteiger partial charge is 0.311 e. The zero-order valence-corrected chi connectivity index (χ0v) is 31.5. The van der Waals surface area contributed by atoms with Gasteiger partial charge in [0.25, 0.3) is 0 Å². The SMILES string of the molecule is c1ccc(N(c2ccccc2)c2ccc(-c3ccc4c(c3)C3(c5ccccc5-4)c4ccccc4C(c4ccccc4)(c4ccccc4)c4ccccc43)cc2)cc1. The molecule has 0 saturated heterocycles. The van der Waals surface area contributed by atoms with Gasteiger partial charge in [-0.1, -0.05) is 194 Å². The highest BCUT2D eigenvalue weighted by molar-refractivity contribution is 5.91. The molecule has 0 heterocycles. The second-order valence-electron chi connectivity index (χ2n) is 15.2. The van der Waals surface area contributed by atoms with E-state index in [2.05, 4.69) is 241 Å². The van der Waals surface area contributed by atoms with E-state index in [1.54, 1.807) is 0 Å². The third kappa shape index (κ3) is 4.82. The standard InChI is InChI=1S/C56H39N/c1-5-19-42(20-6-1)55(43-21-7-2-8-22-43)50-29-15-17-31-52(50)56(53-32-18-16-30-51(53)55)49-28-14-13-27-47(49)48-38-35-41(39-54(48)56)40-33-36-46(37-34-40)57(44-23-9-3-10-24-44)45-25-11-4-12-26-45/h1-39H. The molecule has 0 N–H and O–H groups in total. The molecule has 11 rings (SSSR count). The van der Waals surface area contributed by atoms with E-state index in [0.29, 0.717) is 0 Å². The Hall–Kier alpha value is -7.22. The third-order valence-electron chi connectivity index (χ3n) is 12.4. The van der Waals surface area contributed by atoms with E-state index in [4.69, 9.17) is 0 Å². The van der Waals surface area contributed by atoms with Crippen molar-refractivity contribution >= 4 is 17.1 Å². The predicted octanol–water partition coefficient (Wildman–Crippen LogP) is 13.9. The average Bonchev–Trinajstić information content (AvgIpc) is 3.58. The number of rotatable bonds is 6. The Labute approximate surface area is 334 Å². The van der Waals surface area contributed by atoms with Crippen molar-refractivity contribution in [1.29, 1.82) is 0 Å². The highest BCUT2D eigenvalue weighted by Crippen LogP contribution is 2.64. The van der Waals surface area contributed by atoms with E-state index in [-0.39, 0.29) is 0 Å². The first-order valence-corrected chi connectivity index (χ1v) is 19.9. The van der Waals surface area contributed by atoms with Gasteiger partial charge in [0, 0.05) is 17.1 Å². The Balaban J connectivity index is 1.14. The first-order chi connectivity index (χ1) is 28.3. The quantitative estimate of drug-likeness (QED) is 0.165. The van der Waals surface area contributed by atoms with Gasteiger partial charge in [0.15, 0.2) is 0 Å². The molecule has 0 amide bonds. The molecule has 2 aliphatic rings. The molecule has 268 valence electrons. The first-order valence-electron chi connectivity index (χ1n) is 19.9. The molecule has 9 aromatic rings. The highest BCUT2D eigenvalue weighted by atomic mass is 15.1. The molecule has 2 aliphatic carbocycles. The summed E-state index contributed by atoms with van der Waals surface area (Å²) in [6, 6.07) is 87.4. The van der Waals surface area contributed by atoms with Gasteiger partial charge in [0.05, 0.1) is 10.8 Å². The van der Waals surface area contributed by atoms with Crippen LogP contribution in [0.25, 0.3) is 22.3 Å². The lowest BCUT2D eigenvalue weighted by atomic mass is 9.51. The Morgan fingerprint density at radius 1 is 0.246 bits per heavy atom. The summed E-state index contributed by atoms with van der Waals surface area (Å²) in [5.41, 5.74) is 17.8. The maximum absolute atomic E-state index is 2.49. The van der Waals surface area contributed by atoms with Crippen molar-refractivity contribution in [2.45, 2.75) is 10.8 Å². The fourth-order valence-electron chi connectivity index (χ4n) is 10.2. The monoisotopic (exact) mass is 725 g/mol. The average molecular weight is 726 g/mol.